The Labute approximate surface area is 121 Å². The minimum absolute atomic E-state index is 0.104. The average Bonchev–Trinajstić information content (AvgIpc) is 2.67. The molecule has 5 heteroatoms. The van der Waals surface area contributed by atoms with E-state index >= 15 is 0 Å². The molecule has 2 unspecified atom stereocenters. The van der Waals surface area contributed by atoms with Gasteiger partial charge in [0.25, 0.3) is 0 Å². The van der Waals surface area contributed by atoms with Crippen LogP contribution < -0.4 is 10.6 Å². The molecule has 2 rings (SSSR count). The predicted octanol–water partition coefficient (Wildman–Crippen LogP) is 2.41. The van der Waals surface area contributed by atoms with Gasteiger partial charge in [-0.2, -0.15) is 5.10 Å². The number of hydrogen-bond donors (Lipinski definition) is 2. The first-order valence-electron chi connectivity index (χ1n) is 7.50. The lowest BCUT2D eigenvalue weighted by Crippen LogP contribution is -2.40. The number of rotatable bonds is 3. The maximum atomic E-state index is 12.4. The Kier molecular flexibility index (Phi) is 4.48. The molecular formula is C15H26N4O. The zero-order valence-electron chi connectivity index (χ0n) is 13.2. The molecule has 1 aliphatic heterocycles. The number of piperidine rings is 1. The van der Waals surface area contributed by atoms with Crippen molar-refractivity contribution in [2.45, 2.75) is 59.5 Å². The van der Waals surface area contributed by atoms with Crippen LogP contribution in [0.25, 0.3) is 0 Å². The van der Waals surface area contributed by atoms with Gasteiger partial charge in [-0.05, 0) is 54.0 Å². The van der Waals surface area contributed by atoms with E-state index in [-0.39, 0.29) is 11.8 Å². The number of hydrogen-bond acceptors (Lipinski definition) is 3. The highest BCUT2D eigenvalue weighted by molar-refractivity contribution is 5.93. The second kappa shape index (κ2) is 5.95. The fourth-order valence-corrected chi connectivity index (χ4v) is 2.94. The summed E-state index contributed by atoms with van der Waals surface area (Å²) in [7, 11) is 0. The number of aryl methyl sites for hydroxylation is 1. The second-order valence-corrected chi connectivity index (χ2v) is 6.15. The standard InChI is InChI=1S/C15H26N4O/c1-9(2)19-12(5)14(11(4)18-19)17-15(20)13-6-7-16-10(3)8-13/h9-10,13,16H,6-8H2,1-5H3,(H,17,20). The van der Waals surface area contributed by atoms with Crippen molar-refractivity contribution in [3.63, 3.8) is 0 Å². The number of carbonyl (C=O) groups excluding carboxylic acids is 1. The quantitative estimate of drug-likeness (QED) is 0.892. The molecule has 0 radical (unpaired) electrons. The first-order valence-corrected chi connectivity index (χ1v) is 7.50. The van der Waals surface area contributed by atoms with Crippen molar-refractivity contribution >= 4 is 11.6 Å². The van der Waals surface area contributed by atoms with Crippen molar-refractivity contribution in [3.8, 4) is 0 Å². The third kappa shape index (κ3) is 3.03. The molecule has 1 aromatic rings. The number of carbonyl (C=O) groups is 1. The molecule has 1 amide bonds. The van der Waals surface area contributed by atoms with E-state index in [4.69, 9.17) is 0 Å². The van der Waals surface area contributed by atoms with Gasteiger partial charge >= 0.3 is 0 Å². The molecule has 112 valence electrons. The van der Waals surface area contributed by atoms with E-state index < -0.39 is 0 Å². The highest BCUT2D eigenvalue weighted by Crippen LogP contribution is 2.25. The van der Waals surface area contributed by atoms with Crippen molar-refractivity contribution in [3.05, 3.63) is 11.4 Å². The average molecular weight is 278 g/mol. The monoisotopic (exact) mass is 278 g/mol. The predicted molar refractivity (Wildman–Crippen MR) is 80.9 cm³/mol. The number of aromatic nitrogens is 2. The molecule has 0 spiro atoms. The fraction of sp³-hybridized carbons (Fsp3) is 0.733. The Hall–Kier alpha value is -1.36. The molecule has 0 aliphatic carbocycles. The van der Waals surface area contributed by atoms with E-state index in [1.165, 1.54) is 0 Å². The Morgan fingerprint density at radius 3 is 2.70 bits per heavy atom. The molecule has 2 heterocycles. The summed E-state index contributed by atoms with van der Waals surface area (Å²) < 4.78 is 1.97. The van der Waals surface area contributed by atoms with Crippen LogP contribution >= 0.6 is 0 Å². The molecule has 5 nitrogen and oxygen atoms in total. The van der Waals surface area contributed by atoms with Crippen molar-refractivity contribution in [1.82, 2.24) is 15.1 Å². The minimum Gasteiger partial charge on any atom is -0.323 e. The smallest absolute Gasteiger partial charge is 0.227 e. The van der Waals surface area contributed by atoms with Gasteiger partial charge in [0, 0.05) is 18.0 Å². The van der Waals surface area contributed by atoms with Crippen molar-refractivity contribution < 1.29 is 4.79 Å². The summed E-state index contributed by atoms with van der Waals surface area (Å²) in [6.45, 7) is 11.2. The topological polar surface area (TPSA) is 59.0 Å². The third-order valence-corrected chi connectivity index (χ3v) is 4.06. The van der Waals surface area contributed by atoms with Gasteiger partial charge in [0.15, 0.2) is 0 Å². The van der Waals surface area contributed by atoms with Crippen LogP contribution in [0.15, 0.2) is 0 Å². The zero-order valence-corrected chi connectivity index (χ0v) is 13.2. The summed E-state index contributed by atoms with van der Waals surface area (Å²) in [6, 6.07) is 0.721. The molecular weight excluding hydrogens is 252 g/mol. The molecule has 1 saturated heterocycles. The van der Waals surface area contributed by atoms with Gasteiger partial charge in [-0.25, -0.2) is 0 Å². The first-order chi connectivity index (χ1) is 9.40. The second-order valence-electron chi connectivity index (χ2n) is 6.15. The summed E-state index contributed by atoms with van der Waals surface area (Å²) in [6.07, 6.45) is 1.81. The van der Waals surface area contributed by atoms with Gasteiger partial charge in [0.1, 0.15) is 0 Å². The van der Waals surface area contributed by atoms with Crippen LogP contribution in [0.1, 0.15) is 51.0 Å². The lowest BCUT2D eigenvalue weighted by atomic mass is 9.92. The Morgan fingerprint density at radius 2 is 2.15 bits per heavy atom. The molecule has 1 fully saturated rings. The van der Waals surface area contributed by atoms with Gasteiger partial charge in [0.2, 0.25) is 5.91 Å². The van der Waals surface area contributed by atoms with E-state index in [0.29, 0.717) is 12.1 Å². The molecule has 0 bridgehead atoms. The molecule has 1 aliphatic rings. The van der Waals surface area contributed by atoms with E-state index in [2.05, 4.69) is 36.5 Å². The van der Waals surface area contributed by atoms with Crippen molar-refractivity contribution in [2.24, 2.45) is 5.92 Å². The molecule has 2 atom stereocenters. The minimum atomic E-state index is 0.104. The van der Waals surface area contributed by atoms with E-state index in [1.807, 2.05) is 18.5 Å². The summed E-state index contributed by atoms with van der Waals surface area (Å²) in [5, 5.41) is 11.0. The Bertz CT molecular complexity index is 492. The van der Waals surface area contributed by atoms with Gasteiger partial charge in [-0.1, -0.05) is 0 Å². The van der Waals surface area contributed by atoms with E-state index in [1.54, 1.807) is 0 Å². The SMILES string of the molecule is Cc1nn(C(C)C)c(C)c1NC(=O)C1CCNC(C)C1. The fourth-order valence-electron chi connectivity index (χ4n) is 2.94. The zero-order chi connectivity index (χ0) is 14.9. The van der Waals surface area contributed by atoms with Gasteiger partial charge < -0.3 is 10.6 Å². The molecule has 1 aromatic heterocycles. The third-order valence-electron chi connectivity index (χ3n) is 4.06. The lowest BCUT2D eigenvalue weighted by Gasteiger charge is -2.27. The molecule has 0 saturated carbocycles. The van der Waals surface area contributed by atoms with Crippen LogP contribution in [0, 0.1) is 19.8 Å². The highest BCUT2D eigenvalue weighted by atomic mass is 16.1. The van der Waals surface area contributed by atoms with Crippen LogP contribution in [-0.4, -0.2) is 28.3 Å². The maximum Gasteiger partial charge on any atom is 0.227 e. The van der Waals surface area contributed by atoms with E-state index in [0.717, 1.165) is 36.5 Å². The highest BCUT2D eigenvalue weighted by Gasteiger charge is 2.26. The first kappa shape index (κ1) is 15.0. The van der Waals surface area contributed by atoms with Crippen LogP contribution in [0.5, 0.6) is 0 Å². The number of anilines is 1. The van der Waals surface area contributed by atoms with Crippen LogP contribution in [0.3, 0.4) is 0 Å². The number of amides is 1. The van der Waals surface area contributed by atoms with Crippen LogP contribution in [0.2, 0.25) is 0 Å². The summed E-state index contributed by atoms with van der Waals surface area (Å²) in [5.41, 5.74) is 2.81. The van der Waals surface area contributed by atoms with Crippen LogP contribution in [0.4, 0.5) is 5.69 Å². The normalized spacial score (nSPS) is 23.1. The van der Waals surface area contributed by atoms with Gasteiger partial charge in [-0.3, -0.25) is 9.48 Å². The maximum absolute atomic E-state index is 12.4. The van der Waals surface area contributed by atoms with Crippen molar-refractivity contribution in [1.29, 1.82) is 0 Å². The Balaban J connectivity index is 2.11. The van der Waals surface area contributed by atoms with Gasteiger partial charge in [0.05, 0.1) is 17.1 Å². The van der Waals surface area contributed by atoms with Crippen molar-refractivity contribution in [2.75, 3.05) is 11.9 Å². The molecule has 20 heavy (non-hydrogen) atoms. The number of nitrogens with zero attached hydrogens (tertiary/aromatic N) is 2. The largest absolute Gasteiger partial charge is 0.323 e. The van der Waals surface area contributed by atoms with Gasteiger partial charge in [-0.15, -0.1) is 0 Å². The Morgan fingerprint density at radius 1 is 1.45 bits per heavy atom. The van der Waals surface area contributed by atoms with E-state index in [9.17, 15) is 4.79 Å². The number of nitrogens with one attached hydrogen (secondary N) is 2. The van der Waals surface area contributed by atoms with Crippen LogP contribution in [-0.2, 0) is 4.79 Å². The molecule has 2 N–H and O–H groups in total. The summed E-state index contributed by atoms with van der Waals surface area (Å²) in [5.74, 6) is 0.236. The summed E-state index contributed by atoms with van der Waals surface area (Å²) in [4.78, 5) is 12.4. The lowest BCUT2D eigenvalue weighted by molar-refractivity contribution is -0.120. The summed E-state index contributed by atoms with van der Waals surface area (Å²) >= 11 is 0. The molecule has 0 aromatic carbocycles.